The first-order chi connectivity index (χ1) is 31.3. The van der Waals surface area contributed by atoms with Crippen LogP contribution < -0.4 is 5.32 Å². The van der Waals surface area contributed by atoms with E-state index >= 15 is 0 Å². The summed E-state index contributed by atoms with van der Waals surface area (Å²) in [6, 6.07) is -0.984. The number of hydrogen-bond acceptors (Lipinski definition) is 9. The van der Waals surface area contributed by atoms with Gasteiger partial charge < -0.3 is 45.4 Å². The second kappa shape index (κ2) is 44.6. The van der Waals surface area contributed by atoms with Crippen molar-refractivity contribution in [3.05, 3.63) is 0 Å². The highest BCUT2D eigenvalue weighted by molar-refractivity contribution is 5.76. The molecular weight excluding hydrogens is 807 g/mol. The molecule has 1 saturated heterocycles. The number of carbonyl (C=O) groups excluding carboxylic acids is 1. The van der Waals surface area contributed by atoms with Crippen molar-refractivity contribution >= 4 is 5.91 Å². The van der Waals surface area contributed by atoms with Gasteiger partial charge in [-0.3, -0.25) is 4.79 Å². The third-order valence-electron chi connectivity index (χ3n) is 13.8. The molecule has 1 heterocycles. The number of hydrogen-bond donors (Lipinski definition) is 7. The van der Waals surface area contributed by atoms with E-state index in [1.807, 2.05) is 0 Å². The zero-order chi connectivity index (χ0) is 46.7. The standard InChI is InChI=1S/C54H107NO9/c1-3-5-7-9-11-13-14-15-16-17-18-19-20-21-22-23-24-25-26-27-28-29-30-31-32-33-34-35-37-39-41-43-49(58)55-46(45-63-54-53(62)52(61)51(60)48(44-56)64-54)50(59)47(57)42-40-38-36-12-10-8-6-4-2/h46-48,50-54,56-57,59-62H,3-45H2,1-2H3,(H,55,58)/t46-,47+,48+,50-,51-,52?,53?,54+/m0/s1. The molecule has 1 fully saturated rings. The van der Waals surface area contributed by atoms with Gasteiger partial charge in [0.1, 0.15) is 30.5 Å². The van der Waals surface area contributed by atoms with Crippen molar-refractivity contribution in [2.45, 2.75) is 326 Å². The summed E-state index contributed by atoms with van der Waals surface area (Å²) >= 11 is 0. The molecule has 0 radical (unpaired) electrons. The zero-order valence-electron chi connectivity index (χ0n) is 41.9. The second-order valence-corrected chi connectivity index (χ2v) is 19.9. The van der Waals surface area contributed by atoms with Crippen LogP contribution in [0.25, 0.3) is 0 Å². The first-order valence-corrected chi connectivity index (χ1v) is 27.8. The molecule has 0 spiro atoms. The van der Waals surface area contributed by atoms with Gasteiger partial charge in [-0.05, 0) is 12.8 Å². The van der Waals surface area contributed by atoms with Crippen molar-refractivity contribution < 1.29 is 44.9 Å². The van der Waals surface area contributed by atoms with Gasteiger partial charge in [0, 0.05) is 6.42 Å². The SMILES string of the molecule is CCCCCCCCCCCCCCCCCCCCCCCCCCCCCCCCCC(=O)N[C@@H](CO[C@@H]1O[C@H](CO)[C@H](O)C(O)C1O)[C@H](O)[C@H](O)CCCCCCCCCC. The van der Waals surface area contributed by atoms with Crippen molar-refractivity contribution in [1.82, 2.24) is 5.32 Å². The number of aliphatic hydroxyl groups is 6. The molecule has 1 rings (SSSR count). The molecule has 2 unspecified atom stereocenters. The molecule has 8 atom stereocenters. The van der Waals surface area contributed by atoms with E-state index in [0.29, 0.717) is 6.42 Å². The molecule has 7 N–H and O–H groups in total. The summed E-state index contributed by atoms with van der Waals surface area (Å²) in [6.07, 6.45) is 41.7. The van der Waals surface area contributed by atoms with Gasteiger partial charge in [-0.15, -0.1) is 0 Å². The lowest BCUT2D eigenvalue weighted by Gasteiger charge is -2.40. The Labute approximate surface area is 394 Å². The van der Waals surface area contributed by atoms with E-state index < -0.39 is 55.6 Å². The monoisotopic (exact) mass is 914 g/mol. The van der Waals surface area contributed by atoms with E-state index in [9.17, 15) is 35.4 Å². The fourth-order valence-corrected chi connectivity index (χ4v) is 9.32. The predicted octanol–water partition coefficient (Wildman–Crippen LogP) is 12.0. The van der Waals surface area contributed by atoms with E-state index in [1.165, 1.54) is 205 Å². The smallest absolute Gasteiger partial charge is 0.220 e. The summed E-state index contributed by atoms with van der Waals surface area (Å²) in [5.74, 6) is -0.254. The fourth-order valence-electron chi connectivity index (χ4n) is 9.32. The third-order valence-corrected chi connectivity index (χ3v) is 13.8. The number of amides is 1. The Morgan fingerprint density at radius 3 is 1.16 bits per heavy atom. The summed E-state index contributed by atoms with van der Waals surface area (Å²) in [4.78, 5) is 13.0. The van der Waals surface area contributed by atoms with Crippen molar-refractivity contribution in [3.63, 3.8) is 0 Å². The van der Waals surface area contributed by atoms with Crippen LogP contribution in [0.4, 0.5) is 0 Å². The Bertz CT molecular complexity index is 988. The molecule has 10 heteroatoms. The number of ether oxygens (including phenoxy) is 2. The molecule has 1 amide bonds. The topological polar surface area (TPSA) is 169 Å². The molecule has 0 aromatic heterocycles. The molecular formula is C54H107NO9. The first-order valence-electron chi connectivity index (χ1n) is 27.8. The van der Waals surface area contributed by atoms with Gasteiger partial charge >= 0.3 is 0 Å². The number of rotatable bonds is 48. The van der Waals surface area contributed by atoms with Crippen molar-refractivity contribution in [3.8, 4) is 0 Å². The van der Waals surface area contributed by atoms with Crippen molar-refractivity contribution in [2.75, 3.05) is 13.2 Å². The van der Waals surface area contributed by atoms with E-state index in [4.69, 9.17) is 9.47 Å². The average Bonchev–Trinajstić information content (AvgIpc) is 3.29. The second-order valence-electron chi connectivity index (χ2n) is 19.9. The Balaban J connectivity index is 2.09. The summed E-state index contributed by atoms with van der Waals surface area (Å²) in [5.41, 5.74) is 0. The van der Waals surface area contributed by atoms with Gasteiger partial charge in [-0.25, -0.2) is 0 Å². The minimum Gasteiger partial charge on any atom is -0.394 e. The molecule has 0 aromatic carbocycles. The van der Waals surface area contributed by atoms with Gasteiger partial charge in [0.05, 0.1) is 25.4 Å². The lowest BCUT2D eigenvalue weighted by atomic mass is 9.98. The lowest BCUT2D eigenvalue weighted by Crippen LogP contribution is -2.60. The van der Waals surface area contributed by atoms with E-state index in [2.05, 4.69) is 19.2 Å². The maximum atomic E-state index is 13.0. The molecule has 1 aliphatic rings. The van der Waals surface area contributed by atoms with Gasteiger partial charge in [-0.2, -0.15) is 0 Å². The maximum absolute atomic E-state index is 13.0. The maximum Gasteiger partial charge on any atom is 0.220 e. The van der Waals surface area contributed by atoms with Crippen LogP contribution in [0, 0.1) is 0 Å². The van der Waals surface area contributed by atoms with E-state index in [0.717, 1.165) is 44.9 Å². The van der Waals surface area contributed by atoms with Crippen molar-refractivity contribution in [2.24, 2.45) is 0 Å². The van der Waals surface area contributed by atoms with Crippen LogP contribution in [0.1, 0.15) is 277 Å². The number of aliphatic hydroxyl groups excluding tert-OH is 6. The van der Waals surface area contributed by atoms with Crippen LogP contribution in [0.15, 0.2) is 0 Å². The van der Waals surface area contributed by atoms with E-state index in [1.54, 1.807) is 0 Å². The Kier molecular flexibility index (Phi) is 42.7. The molecule has 10 nitrogen and oxygen atoms in total. The Hall–Kier alpha value is -0.850. The highest BCUT2D eigenvalue weighted by atomic mass is 16.7. The molecule has 64 heavy (non-hydrogen) atoms. The largest absolute Gasteiger partial charge is 0.394 e. The van der Waals surface area contributed by atoms with Crippen LogP contribution in [0.2, 0.25) is 0 Å². The number of nitrogens with one attached hydrogen (secondary N) is 1. The molecule has 0 bridgehead atoms. The number of unbranched alkanes of at least 4 members (excludes halogenated alkanes) is 37. The Morgan fingerprint density at radius 1 is 0.484 bits per heavy atom. The Morgan fingerprint density at radius 2 is 0.812 bits per heavy atom. The molecule has 0 saturated carbocycles. The summed E-state index contributed by atoms with van der Waals surface area (Å²) < 4.78 is 11.2. The highest BCUT2D eigenvalue weighted by Gasteiger charge is 2.44. The fraction of sp³-hybridized carbons (Fsp3) is 0.981. The van der Waals surface area contributed by atoms with Crippen molar-refractivity contribution in [1.29, 1.82) is 0 Å². The normalized spacial score (nSPS) is 20.4. The quantitative estimate of drug-likeness (QED) is 0.0294. The van der Waals surface area contributed by atoms with Gasteiger partial charge in [0.15, 0.2) is 6.29 Å². The van der Waals surface area contributed by atoms with Crippen LogP contribution in [-0.4, -0.2) is 98.7 Å². The summed E-state index contributed by atoms with van der Waals surface area (Å²) in [6.45, 7) is 3.60. The van der Waals surface area contributed by atoms with Crippen LogP contribution in [0.5, 0.6) is 0 Å². The minimum absolute atomic E-state index is 0.254. The van der Waals surface area contributed by atoms with Crippen LogP contribution >= 0.6 is 0 Å². The predicted molar refractivity (Wildman–Crippen MR) is 264 cm³/mol. The third kappa shape index (κ3) is 33.6. The molecule has 0 aromatic rings. The minimum atomic E-state index is -1.60. The average molecular weight is 914 g/mol. The van der Waals surface area contributed by atoms with Crippen LogP contribution in [0.3, 0.4) is 0 Å². The molecule has 382 valence electrons. The van der Waals surface area contributed by atoms with Gasteiger partial charge in [0.2, 0.25) is 5.91 Å². The van der Waals surface area contributed by atoms with Gasteiger partial charge in [-0.1, -0.05) is 258 Å². The first kappa shape index (κ1) is 61.2. The lowest BCUT2D eigenvalue weighted by molar-refractivity contribution is -0.303. The summed E-state index contributed by atoms with van der Waals surface area (Å²) in [5, 5.41) is 65.1. The molecule has 0 aliphatic carbocycles. The molecule has 1 aliphatic heterocycles. The van der Waals surface area contributed by atoms with Gasteiger partial charge in [0.25, 0.3) is 0 Å². The number of carbonyl (C=O) groups is 1. The van der Waals surface area contributed by atoms with Crippen LogP contribution in [-0.2, 0) is 14.3 Å². The van der Waals surface area contributed by atoms with E-state index in [-0.39, 0.29) is 18.9 Å². The zero-order valence-corrected chi connectivity index (χ0v) is 41.9. The highest BCUT2D eigenvalue weighted by Crippen LogP contribution is 2.23. The summed E-state index contributed by atoms with van der Waals surface area (Å²) in [7, 11) is 0.